The van der Waals surface area contributed by atoms with Crippen LogP contribution in [0.4, 0.5) is 11.4 Å². The molecule has 1 saturated heterocycles. The minimum atomic E-state index is -0.0134. The Labute approximate surface area is 161 Å². The van der Waals surface area contributed by atoms with Crippen LogP contribution < -0.4 is 15.0 Å². The van der Waals surface area contributed by atoms with Crippen molar-refractivity contribution < 1.29 is 9.53 Å². The van der Waals surface area contributed by atoms with E-state index >= 15 is 0 Å². The van der Waals surface area contributed by atoms with Crippen LogP contribution in [0.3, 0.4) is 0 Å². The van der Waals surface area contributed by atoms with Crippen molar-refractivity contribution in [3.63, 3.8) is 0 Å². The van der Waals surface area contributed by atoms with Gasteiger partial charge >= 0.3 is 0 Å². The number of methoxy groups -OCH3 is 1. The quantitative estimate of drug-likeness (QED) is 0.851. The highest BCUT2D eigenvalue weighted by molar-refractivity contribution is 5.95. The molecule has 3 rings (SSSR count). The number of hydrogen-bond acceptors (Lipinski definition) is 4. The monoisotopic (exact) mass is 367 g/mol. The van der Waals surface area contributed by atoms with Crippen LogP contribution in [0.2, 0.25) is 0 Å². The van der Waals surface area contributed by atoms with Gasteiger partial charge in [-0.25, -0.2) is 0 Å². The Morgan fingerprint density at radius 1 is 1.11 bits per heavy atom. The number of rotatable bonds is 6. The zero-order chi connectivity index (χ0) is 19.2. The Bertz CT molecular complexity index is 783. The normalized spacial score (nSPS) is 14.9. The Balaban J connectivity index is 1.68. The summed E-state index contributed by atoms with van der Waals surface area (Å²) in [6, 6.07) is 14.0. The molecule has 0 unspecified atom stereocenters. The lowest BCUT2D eigenvalue weighted by Crippen LogP contribution is -2.46. The second-order valence-electron chi connectivity index (χ2n) is 6.97. The van der Waals surface area contributed by atoms with Crippen molar-refractivity contribution in [2.75, 3.05) is 50.1 Å². The van der Waals surface area contributed by atoms with E-state index in [9.17, 15) is 4.79 Å². The SMILES string of the molecule is CCN1CCN(c2ccccc2NC(=O)Cc2ccc(C)c(OC)c2)CC1. The molecule has 144 valence electrons. The van der Waals surface area contributed by atoms with Crippen LogP contribution in [-0.2, 0) is 11.2 Å². The molecule has 0 spiro atoms. The molecule has 1 heterocycles. The highest BCUT2D eigenvalue weighted by atomic mass is 16.5. The van der Waals surface area contributed by atoms with Crippen LogP contribution in [0.25, 0.3) is 0 Å². The maximum absolute atomic E-state index is 12.6. The van der Waals surface area contributed by atoms with Gasteiger partial charge in [0.15, 0.2) is 0 Å². The standard InChI is InChI=1S/C22H29N3O2/c1-4-24-11-13-25(14-12-24)20-8-6-5-7-19(20)23-22(26)16-18-10-9-17(2)21(15-18)27-3/h5-10,15H,4,11-14,16H2,1-3H3,(H,23,26). The van der Waals surface area contributed by atoms with E-state index in [1.165, 1.54) is 0 Å². The third-order valence-electron chi connectivity index (χ3n) is 5.18. The molecular formula is C22H29N3O2. The number of aryl methyl sites for hydroxylation is 1. The first kappa shape index (κ1) is 19.2. The average molecular weight is 367 g/mol. The van der Waals surface area contributed by atoms with Crippen LogP contribution in [0.1, 0.15) is 18.1 Å². The van der Waals surface area contributed by atoms with Gasteiger partial charge in [0.2, 0.25) is 5.91 Å². The summed E-state index contributed by atoms with van der Waals surface area (Å²) >= 11 is 0. The summed E-state index contributed by atoms with van der Waals surface area (Å²) < 4.78 is 5.36. The number of ether oxygens (including phenoxy) is 1. The molecule has 5 heteroatoms. The fourth-order valence-electron chi connectivity index (χ4n) is 3.51. The molecule has 2 aromatic carbocycles. The van der Waals surface area contributed by atoms with Gasteiger partial charge in [0, 0.05) is 26.2 Å². The number of nitrogens with one attached hydrogen (secondary N) is 1. The Morgan fingerprint density at radius 3 is 2.56 bits per heavy atom. The number of likely N-dealkylation sites (N-methyl/N-ethyl adjacent to an activating group) is 1. The van der Waals surface area contributed by atoms with Crippen molar-refractivity contribution in [1.29, 1.82) is 0 Å². The van der Waals surface area contributed by atoms with Crippen molar-refractivity contribution in [3.8, 4) is 5.75 Å². The number of nitrogens with zero attached hydrogens (tertiary/aromatic N) is 2. The molecule has 0 bridgehead atoms. The highest BCUT2D eigenvalue weighted by Crippen LogP contribution is 2.27. The average Bonchev–Trinajstić information content (AvgIpc) is 2.70. The predicted molar refractivity (Wildman–Crippen MR) is 111 cm³/mol. The van der Waals surface area contributed by atoms with E-state index in [1.54, 1.807) is 7.11 Å². The topological polar surface area (TPSA) is 44.8 Å². The molecule has 0 aliphatic carbocycles. The van der Waals surface area contributed by atoms with Crippen LogP contribution in [-0.4, -0.2) is 50.6 Å². The summed E-state index contributed by atoms with van der Waals surface area (Å²) in [7, 11) is 1.65. The zero-order valence-electron chi connectivity index (χ0n) is 16.5. The van der Waals surface area contributed by atoms with Gasteiger partial charge in [0.05, 0.1) is 24.9 Å². The molecule has 5 nitrogen and oxygen atoms in total. The summed E-state index contributed by atoms with van der Waals surface area (Å²) in [6.45, 7) is 9.36. The Kier molecular flexibility index (Phi) is 6.35. The lowest BCUT2D eigenvalue weighted by atomic mass is 10.1. The van der Waals surface area contributed by atoms with Gasteiger partial charge in [-0.1, -0.05) is 31.2 Å². The van der Waals surface area contributed by atoms with E-state index < -0.39 is 0 Å². The van der Waals surface area contributed by atoms with E-state index in [1.807, 2.05) is 43.3 Å². The van der Waals surface area contributed by atoms with Crippen LogP contribution in [0.5, 0.6) is 5.75 Å². The van der Waals surface area contributed by atoms with Crippen LogP contribution in [0, 0.1) is 6.92 Å². The zero-order valence-corrected chi connectivity index (χ0v) is 16.5. The summed E-state index contributed by atoms with van der Waals surface area (Å²) in [5.41, 5.74) is 4.00. The molecule has 0 atom stereocenters. The van der Waals surface area contributed by atoms with Crippen molar-refractivity contribution in [1.82, 2.24) is 4.90 Å². The van der Waals surface area contributed by atoms with Gasteiger partial charge in [-0.2, -0.15) is 0 Å². The number of piperazine rings is 1. The van der Waals surface area contributed by atoms with Gasteiger partial charge in [-0.15, -0.1) is 0 Å². The van der Waals surface area contributed by atoms with Crippen molar-refractivity contribution in [2.24, 2.45) is 0 Å². The smallest absolute Gasteiger partial charge is 0.228 e. The summed E-state index contributed by atoms with van der Waals surface area (Å²) in [6.07, 6.45) is 0.328. The number of anilines is 2. The molecule has 1 fully saturated rings. The minimum Gasteiger partial charge on any atom is -0.496 e. The molecule has 0 saturated carbocycles. The molecule has 1 aliphatic rings. The van der Waals surface area contributed by atoms with E-state index in [4.69, 9.17) is 4.74 Å². The number of carbonyl (C=O) groups is 1. The molecule has 0 radical (unpaired) electrons. The molecule has 0 aromatic heterocycles. The number of para-hydroxylation sites is 2. The first-order valence-electron chi connectivity index (χ1n) is 9.60. The third kappa shape index (κ3) is 4.80. The lowest BCUT2D eigenvalue weighted by Gasteiger charge is -2.36. The van der Waals surface area contributed by atoms with Gasteiger partial charge in [-0.3, -0.25) is 4.79 Å². The number of hydrogen-bond donors (Lipinski definition) is 1. The van der Waals surface area contributed by atoms with Crippen molar-refractivity contribution in [2.45, 2.75) is 20.3 Å². The Hall–Kier alpha value is -2.53. The fourth-order valence-corrected chi connectivity index (χ4v) is 3.51. The molecule has 1 amide bonds. The van der Waals surface area contributed by atoms with Crippen molar-refractivity contribution >= 4 is 17.3 Å². The first-order valence-corrected chi connectivity index (χ1v) is 9.60. The van der Waals surface area contributed by atoms with Gasteiger partial charge in [0.25, 0.3) is 0 Å². The predicted octanol–water partition coefficient (Wildman–Crippen LogP) is 3.33. The second kappa shape index (κ2) is 8.91. The molecule has 2 aromatic rings. The van der Waals surface area contributed by atoms with Gasteiger partial charge in [-0.05, 0) is 42.8 Å². The highest BCUT2D eigenvalue weighted by Gasteiger charge is 2.19. The maximum Gasteiger partial charge on any atom is 0.228 e. The summed E-state index contributed by atoms with van der Waals surface area (Å²) in [4.78, 5) is 17.4. The number of benzene rings is 2. The van der Waals surface area contributed by atoms with Crippen LogP contribution in [0.15, 0.2) is 42.5 Å². The molecular weight excluding hydrogens is 338 g/mol. The molecule has 1 aliphatic heterocycles. The van der Waals surface area contributed by atoms with Gasteiger partial charge in [0.1, 0.15) is 5.75 Å². The fraction of sp³-hybridized carbons (Fsp3) is 0.409. The van der Waals surface area contributed by atoms with Crippen molar-refractivity contribution in [3.05, 3.63) is 53.6 Å². The summed E-state index contributed by atoms with van der Waals surface area (Å²) in [5, 5.41) is 3.10. The summed E-state index contributed by atoms with van der Waals surface area (Å²) in [5.74, 6) is 0.801. The van der Waals surface area contributed by atoms with E-state index in [-0.39, 0.29) is 5.91 Å². The lowest BCUT2D eigenvalue weighted by molar-refractivity contribution is -0.115. The molecule has 1 N–H and O–H groups in total. The third-order valence-corrected chi connectivity index (χ3v) is 5.18. The maximum atomic E-state index is 12.6. The minimum absolute atomic E-state index is 0.0134. The van der Waals surface area contributed by atoms with Gasteiger partial charge < -0.3 is 19.9 Å². The number of carbonyl (C=O) groups excluding carboxylic acids is 1. The Morgan fingerprint density at radius 2 is 1.85 bits per heavy atom. The first-order chi connectivity index (χ1) is 13.1. The van der Waals surface area contributed by atoms with E-state index in [0.29, 0.717) is 6.42 Å². The van der Waals surface area contributed by atoms with E-state index in [2.05, 4.69) is 28.1 Å². The van der Waals surface area contributed by atoms with Crippen LogP contribution >= 0.6 is 0 Å². The largest absolute Gasteiger partial charge is 0.496 e. The second-order valence-corrected chi connectivity index (χ2v) is 6.97. The number of amides is 1. The van der Waals surface area contributed by atoms with E-state index in [0.717, 1.165) is 61.0 Å². The molecule has 27 heavy (non-hydrogen) atoms.